The van der Waals surface area contributed by atoms with Crippen molar-refractivity contribution in [3.8, 4) is 0 Å². The van der Waals surface area contributed by atoms with E-state index in [-0.39, 0.29) is 11.9 Å². The summed E-state index contributed by atoms with van der Waals surface area (Å²) in [5, 5.41) is 7.70. The molecule has 2 aromatic rings. The van der Waals surface area contributed by atoms with Gasteiger partial charge in [0.15, 0.2) is 0 Å². The van der Waals surface area contributed by atoms with Crippen LogP contribution < -0.4 is 10.6 Å². The minimum absolute atomic E-state index is 0.0187. The quantitative estimate of drug-likeness (QED) is 0.812. The predicted octanol–water partition coefficient (Wildman–Crippen LogP) is 3.12. The molecular formula is C18H17N3O2S2. The number of thioether (sulfide) groups is 1. The topological polar surface area (TPSA) is 61.4 Å². The first kappa shape index (κ1) is 16.2. The second-order valence-corrected chi connectivity index (χ2v) is 7.85. The Morgan fingerprint density at radius 2 is 2.04 bits per heavy atom. The maximum absolute atomic E-state index is 13.0. The lowest BCUT2D eigenvalue weighted by Crippen LogP contribution is -2.44. The van der Waals surface area contributed by atoms with Crippen LogP contribution in [0.1, 0.15) is 16.5 Å². The number of carbonyl (C=O) groups is 2. The molecule has 5 nitrogen and oxygen atoms in total. The zero-order valence-electron chi connectivity index (χ0n) is 13.6. The highest BCUT2D eigenvalue weighted by molar-refractivity contribution is 7.98. The fourth-order valence-corrected chi connectivity index (χ4v) is 4.32. The summed E-state index contributed by atoms with van der Waals surface area (Å²) < 4.78 is 0. The highest BCUT2D eigenvalue weighted by Crippen LogP contribution is 2.34. The van der Waals surface area contributed by atoms with E-state index in [2.05, 4.69) is 10.6 Å². The number of urea groups is 1. The van der Waals surface area contributed by atoms with Crippen LogP contribution in [0.5, 0.6) is 0 Å². The number of nitrogens with zero attached hydrogens (tertiary/aromatic N) is 1. The van der Waals surface area contributed by atoms with Gasteiger partial charge in [0.2, 0.25) is 0 Å². The lowest BCUT2D eigenvalue weighted by molar-refractivity contribution is -0.126. The maximum Gasteiger partial charge on any atom is 0.319 e. The lowest BCUT2D eigenvalue weighted by atomic mass is 9.96. The van der Waals surface area contributed by atoms with Crippen molar-refractivity contribution in [1.29, 1.82) is 0 Å². The highest BCUT2D eigenvalue weighted by atomic mass is 32.2. The van der Waals surface area contributed by atoms with Crippen molar-refractivity contribution in [2.45, 2.75) is 17.5 Å². The van der Waals surface area contributed by atoms with Crippen molar-refractivity contribution >= 4 is 35.0 Å². The van der Waals surface area contributed by atoms with Crippen LogP contribution in [0.15, 0.2) is 57.9 Å². The molecule has 0 bridgehead atoms. The molecule has 0 fully saturated rings. The van der Waals surface area contributed by atoms with E-state index in [1.807, 2.05) is 48.0 Å². The molecule has 1 atom stereocenters. The Morgan fingerprint density at radius 1 is 1.24 bits per heavy atom. The lowest BCUT2D eigenvalue weighted by Gasteiger charge is -2.25. The first-order valence-electron chi connectivity index (χ1n) is 7.92. The molecule has 2 N–H and O–H groups in total. The second kappa shape index (κ2) is 6.57. The predicted molar refractivity (Wildman–Crippen MR) is 99.4 cm³/mol. The molecule has 0 unspecified atom stereocenters. The Bertz CT molecular complexity index is 844. The van der Waals surface area contributed by atoms with Gasteiger partial charge in [0, 0.05) is 9.77 Å². The van der Waals surface area contributed by atoms with Crippen LogP contribution in [0, 0.1) is 0 Å². The van der Waals surface area contributed by atoms with Crippen molar-refractivity contribution in [3.63, 3.8) is 0 Å². The Labute approximate surface area is 154 Å². The van der Waals surface area contributed by atoms with Gasteiger partial charge < -0.3 is 15.5 Å². The molecule has 1 aromatic carbocycles. The summed E-state index contributed by atoms with van der Waals surface area (Å²) in [6.07, 6.45) is 2.02. The summed E-state index contributed by atoms with van der Waals surface area (Å²) in [7, 11) is 0. The first-order valence-corrected chi connectivity index (χ1v) is 10.0. The number of benzene rings is 1. The van der Waals surface area contributed by atoms with Crippen LogP contribution in [0.3, 0.4) is 0 Å². The molecule has 1 aromatic heterocycles. The van der Waals surface area contributed by atoms with Gasteiger partial charge in [0.25, 0.3) is 5.91 Å². The third-order valence-electron chi connectivity index (χ3n) is 4.40. The Balaban J connectivity index is 1.63. The summed E-state index contributed by atoms with van der Waals surface area (Å²) in [5.41, 5.74) is 2.28. The van der Waals surface area contributed by atoms with Crippen LogP contribution in [-0.2, 0) is 11.3 Å². The fraction of sp³-hybridized carbons (Fsp3) is 0.222. The van der Waals surface area contributed by atoms with E-state index in [1.165, 1.54) is 0 Å². The van der Waals surface area contributed by atoms with E-state index >= 15 is 0 Å². The summed E-state index contributed by atoms with van der Waals surface area (Å²) in [5.74, 6) is -0.0187. The highest BCUT2D eigenvalue weighted by Gasteiger charge is 2.40. The van der Waals surface area contributed by atoms with Crippen molar-refractivity contribution in [3.05, 3.63) is 63.5 Å². The molecule has 2 aliphatic rings. The molecule has 0 saturated heterocycles. The van der Waals surface area contributed by atoms with Gasteiger partial charge in [-0.3, -0.25) is 4.79 Å². The molecule has 0 spiro atoms. The molecule has 0 saturated carbocycles. The zero-order chi connectivity index (χ0) is 17.4. The molecule has 128 valence electrons. The average Bonchev–Trinajstić information content (AvgIpc) is 3.23. The number of thiophene rings is 1. The van der Waals surface area contributed by atoms with Crippen LogP contribution >= 0.6 is 23.1 Å². The first-order chi connectivity index (χ1) is 12.2. The Kier molecular flexibility index (Phi) is 4.27. The van der Waals surface area contributed by atoms with Gasteiger partial charge in [0.1, 0.15) is 0 Å². The van der Waals surface area contributed by atoms with Crippen molar-refractivity contribution in [1.82, 2.24) is 15.5 Å². The standard InChI is InChI=1S/C18H17N3O2S2/c1-24-12-6-4-11(5-7-12)16-15-14(19-18(23)20-16)10-21(17(15)22)9-13-3-2-8-25-13/h2-8,16H,9-10H2,1H3,(H2,19,20,23)/t16-/m0/s1. The van der Waals surface area contributed by atoms with Crippen LogP contribution in [0.25, 0.3) is 0 Å². The van der Waals surface area contributed by atoms with Crippen molar-refractivity contribution in [2.75, 3.05) is 12.8 Å². The second-order valence-electron chi connectivity index (χ2n) is 5.94. The molecule has 3 heterocycles. The number of hydrogen-bond acceptors (Lipinski definition) is 4. The van der Waals surface area contributed by atoms with E-state index in [9.17, 15) is 9.59 Å². The van der Waals surface area contributed by atoms with E-state index < -0.39 is 6.04 Å². The minimum Gasteiger partial charge on any atom is -0.328 e. The van der Waals surface area contributed by atoms with E-state index in [4.69, 9.17) is 0 Å². The normalized spacial score (nSPS) is 19.7. The van der Waals surface area contributed by atoms with Crippen LogP contribution in [-0.4, -0.2) is 29.6 Å². The van der Waals surface area contributed by atoms with E-state index in [0.717, 1.165) is 15.3 Å². The van der Waals surface area contributed by atoms with Crippen molar-refractivity contribution < 1.29 is 9.59 Å². The molecule has 4 rings (SSSR count). The molecule has 25 heavy (non-hydrogen) atoms. The number of amides is 3. The largest absolute Gasteiger partial charge is 0.328 e. The molecule has 0 radical (unpaired) electrons. The minimum atomic E-state index is -0.402. The van der Waals surface area contributed by atoms with E-state index in [0.29, 0.717) is 24.4 Å². The zero-order valence-corrected chi connectivity index (χ0v) is 15.2. The van der Waals surface area contributed by atoms with Gasteiger partial charge in [-0.05, 0) is 35.4 Å². The fourth-order valence-electron chi connectivity index (χ4n) is 3.19. The third-order valence-corrected chi connectivity index (χ3v) is 6.00. The summed E-state index contributed by atoms with van der Waals surface area (Å²) in [4.78, 5) is 29.1. The van der Waals surface area contributed by atoms with Gasteiger partial charge in [-0.1, -0.05) is 18.2 Å². The Hall–Kier alpha value is -2.25. The summed E-state index contributed by atoms with van der Waals surface area (Å²) in [6.45, 7) is 1.01. The molecule has 2 aliphatic heterocycles. The maximum atomic E-state index is 13.0. The van der Waals surface area contributed by atoms with E-state index in [1.54, 1.807) is 28.0 Å². The summed E-state index contributed by atoms with van der Waals surface area (Å²) >= 11 is 3.29. The molecular weight excluding hydrogens is 354 g/mol. The number of carbonyl (C=O) groups excluding carboxylic acids is 2. The van der Waals surface area contributed by atoms with Gasteiger partial charge in [-0.15, -0.1) is 23.1 Å². The van der Waals surface area contributed by atoms with Crippen LogP contribution in [0.4, 0.5) is 4.79 Å². The molecule has 3 amide bonds. The molecule has 7 heteroatoms. The third kappa shape index (κ3) is 3.05. The average molecular weight is 371 g/mol. The number of rotatable bonds is 4. The number of hydrogen-bond donors (Lipinski definition) is 2. The Morgan fingerprint density at radius 3 is 2.72 bits per heavy atom. The molecule has 0 aliphatic carbocycles. The van der Waals surface area contributed by atoms with Crippen LogP contribution in [0.2, 0.25) is 0 Å². The summed E-state index contributed by atoms with van der Waals surface area (Å²) in [6, 6.07) is 11.3. The van der Waals surface area contributed by atoms with Gasteiger partial charge in [0.05, 0.1) is 30.4 Å². The number of nitrogens with one attached hydrogen (secondary N) is 2. The van der Waals surface area contributed by atoms with Gasteiger partial charge >= 0.3 is 6.03 Å². The smallest absolute Gasteiger partial charge is 0.319 e. The SMILES string of the molecule is CSc1ccc([C@@H]2NC(=O)NC3=C2C(=O)N(Cc2cccs2)C3)cc1. The van der Waals surface area contributed by atoms with Gasteiger partial charge in [-0.25, -0.2) is 4.79 Å². The van der Waals surface area contributed by atoms with Crippen molar-refractivity contribution in [2.24, 2.45) is 0 Å². The monoisotopic (exact) mass is 371 g/mol. The van der Waals surface area contributed by atoms with Gasteiger partial charge in [-0.2, -0.15) is 0 Å².